The molecule has 0 atom stereocenters. The third kappa shape index (κ3) is 2.06. The number of hydrogen-bond donors (Lipinski definition) is 1. The Bertz CT molecular complexity index is 570. The minimum atomic E-state index is -0.921. The van der Waals surface area contributed by atoms with Crippen molar-refractivity contribution in [2.75, 3.05) is 0 Å². The van der Waals surface area contributed by atoms with Crippen LogP contribution < -0.4 is 0 Å². The molecule has 2 aromatic rings. The van der Waals surface area contributed by atoms with Crippen molar-refractivity contribution in [3.8, 4) is 5.69 Å². The Balaban J connectivity index is 2.50. The number of benzene rings is 1. The highest BCUT2D eigenvalue weighted by Gasteiger charge is 2.09. The highest BCUT2D eigenvalue weighted by Crippen LogP contribution is 2.24. The molecule has 2 rings (SSSR count). The Kier molecular flexibility index (Phi) is 2.94. The molecule has 0 saturated carbocycles. The van der Waals surface area contributed by atoms with Crippen LogP contribution in [0, 0.1) is 13.8 Å². The van der Waals surface area contributed by atoms with Crippen LogP contribution in [-0.2, 0) is 0 Å². The van der Waals surface area contributed by atoms with Gasteiger partial charge in [-0.2, -0.15) is 0 Å². The molecule has 0 saturated heterocycles. The Morgan fingerprint density at radius 2 is 1.82 bits per heavy atom. The first-order chi connectivity index (χ1) is 8.00. The predicted molar refractivity (Wildman–Crippen MR) is 67.2 cm³/mol. The molecule has 3 nitrogen and oxygen atoms in total. The predicted octanol–water partition coefficient (Wildman–Crippen LogP) is 3.45. The molecule has 1 aromatic heterocycles. The molecule has 0 unspecified atom stereocenters. The van der Waals surface area contributed by atoms with Crippen molar-refractivity contribution in [3.05, 3.63) is 52.3 Å². The molecule has 0 bridgehead atoms. The normalized spacial score (nSPS) is 10.5. The lowest BCUT2D eigenvalue weighted by molar-refractivity contribution is 0.0697. The van der Waals surface area contributed by atoms with Crippen molar-refractivity contribution < 1.29 is 9.90 Å². The number of hydrogen-bond acceptors (Lipinski definition) is 1. The second kappa shape index (κ2) is 4.26. The van der Waals surface area contributed by atoms with Crippen LogP contribution in [0.4, 0.5) is 0 Å². The third-order valence-corrected chi connectivity index (χ3v) is 3.12. The molecule has 0 aliphatic heterocycles. The lowest BCUT2D eigenvalue weighted by Crippen LogP contribution is -2.01. The highest BCUT2D eigenvalue weighted by atomic mass is 35.5. The van der Waals surface area contributed by atoms with Crippen molar-refractivity contribution in [3.63, 3.8) is 0 Å². The molecule has 1 aromatic carbocycles. The number of rotatable bonds is 2. The van der Waals surface area contributed by atoms with Gasteiger partial charge in [0.25, 0.3) is 0 Å². The van der Waals surface area contributed by atoms with E-state index in [1.54, 1.807) is 24.3 Å². The fraction of sp³-hybridized carbons (Fsp3) is 0.154. The minimum absolute atomic E-state index is 0.280. The molecule has 1 heterocycles. The standard InChI is InChI=1S/C13H12ClNO2/c1-8-7-12(14)9(2)15(8)11-5-3-10(4-6-11)13(16)17/h3-7H,1-2H3,(H,16,17). The quantitative estimate of drug-likeness (QED) is 0.886. The van der Waals surface area contributed by atoms with Crippen LogP contribution in [0.1, 0.15) is 21.7 Å². The maximum Gasteiger partial charge on any atom is 0.335 e. The van der Waals surface area contributed by atoms with Gasteiger partial charge < -0.3 is 9.67 Å². The molecule has 4 heteroatoms. The van der Waals surface area contributed by atoms with Crippen molar-refractivity contribution >= 4 is 17.6 Å². The Labute approximate surface area is 104 Å². The molecular weight excluding hydrogens is 238 g/mol. The zero-order valence-corrected chi connectivity index (χ0v) is 10.3. The van der Waals surface area contributed by atoms with Gasteiger partial charge >= 0.3 is 5.97 Å². The number of aryl methyl sites for hydroxylation is 1. The summed E-state index contributed by atoms with van der Waals surface area (Å²) in [6, 6.07) is 8.62. The summed E-state index contributed by atoms with van der Waals surface area (Å²) in [5.74, 6) is -0.921. The van der Waals surface area contributed by atoms with Crippen LogP contribution in [-0.4, -0.2) is 15.6 Å². The fourth-order valence-electron chi connectivity index (χ4n) is 1.87. The van der Waals surface area contributed by atoms with Crippen LogP contribution in [0.3, 0.4) is 0 Å². The fourth-order valence-corrected chi connectivity index (χ4v) is 2.12. The van der Waals surface area contributed by atoms with E-state index in [1.165, 1.54) is 0 Å². The van der Waals surface area contributed by atoms with Crippen LogP contribution in [0.15, 0.2) is 30.3 Å². The minimum Gasteiger partial charge on any atom is -0.478 e. The van der Waals surface area contributed by atoms with E-state index in [9.17, 15) is 4.79 Å². The molecule has 0 aliphatic carbocycles. The third-order valence-electron chi connectivity index (χ3n) is 2.74. The molecule has 0 fully saturated rings. The van der Waals surface area contributed by atoms with Crippen LogP contribution in [0.5, 0.6) is 0 Å². The van der Waals surface area contributed by atoms with Gasteiger partial charge in [-0.3, -0.25) is 0 Å². The Hall–Kier alpha value is -1.74. The van der Waals surface area contributed by atoms with Gasteiger partial charge in [-0.15, -0.1) is 0 Å². The maximum atomic E-state index is 10.8. The summed E-state index contributed by atoms with van der Waals surface area (Å²) in [6.07, 6.45) is 0. The number of nitrogens with zero attached hydrogens (tertiary/aromatic N) is 1. The molecular formula is C13H12ClNO2. The maximum absolute atomic E-state index is 10.8. The van der Waals surface area contributed by atoms with E-state index in [0.29, 0.717) is 5.02 Å². The second-order valence-corrected chi connectivity index (χ2v) is 4.31. The van der Waals surface area contributed by atoms with Gasteiger partial charge in [0.2, 0.25) is 0 Å². The van der Waals surface area contributed by atoms with Gasteiger partial charge in [0, 0.05) is 17.1 Å². The smallest absolute Gasteiger partial charge is 0.335 e. The Morgan fingerprint density at radius 1 is 1.24 bits per heavy atom. The average Bonchev–Trinajstić information content (AvgIpc) is 2.53. The topological polar surface area (TPSA) is 42.2 Å². The first-order valence-electron chi connectivity index (χ1n) is 5.19. The van der Waals surface area contributed by atoms with E-state index in [1.807, 2.05) is 24.5 Å². The lowest BCUT2D eigenvalue weighted by Gasteiger charge is -2.09. The number of carbonyl (C=O) groups is 1. The largest absolute Gasteiger partial charge is 0.478 e. The SMILES string of the molecule is Cc1cc(Cl)c(C)n1-c1ccc(C(=O)O)cc1. The number of aromatic nitrogens is 1. The molecule has 1 N–H and O–H groups in total. The van der Waals surface area contributed by atoms with Crippen LogP contribution in [0.25, 0.3) is 5.69 Å². The van der Waals surface area contributed by atoms with Gasteiger partial charge in [0.15, 0.2) is 0 Å². The number of carboxylic acids is 1. The number of halogens is 1. The highest BCUT2D eigenvalue weighted by molar-refractivity contribution is 6.31. The first-order valence-corrected chi connectivity index (χ1v) is 5.56. The monoisotopic (exact) mass is 249 g/mol. The summed E-state index contributed by atoms with van der Waals surface area (Å²) in [7, 11) is 0. The van der Waals surface area contributed by atoms with Gasteiger partial charge in [-0.25, -0.2) is 4.79 Å². The lowest BCUT2D eigenvalue weighted by atomic mass is 10.2. The molecule has 0 aliphatic rings. The summed E-state index contributed by atoms with van der Waals surface area (Å²) in [5, 5.41) is 9.54. The molecule has 17 heavy (non-hydrogen) atoms. The zero-order valence-electron chi connectivity index (χ0n) is 9.57. The van der Waals surface area contributed by atoms with Crippen molar-refractivity contribution in [2.45, 2.75) is 13.8 Å². The Morgan fingerprint density at radius 3 is 2.24 bits per heavy atom. The van der Waals surface area contributed by atoms with E-state index in [2.05, 4.69) is 0 Å². The van der Waals surface area contributed by atoms with E-state index >= 15 is 0 Å². The van der Waals surface area contributed by atoms with Crippen molar-refractivity contribution in [2.24, 2.45) is 0 Å². The van der Waals surface area contributed by atoms with E-state index in [4.69, 9.17) is 16.7 Å². The first kappa shape index (κ1) is 11.7. The molecule has 0 radical (unpaired) electrons. The summed E-state index contributed by atoms with van der Waals surface area (Å²) in [5.41, 5.74) is 3.17. The van der Waals surface area contributed by atoms with E-state index < -0.39 is 5.97 Å². The average molecular weight is 250 g/mol. The van der Waals surface area contributed by atoms with Gasteiger partial charge in [-0.05, 0) is 44.2 Å². The van der Waals surface area contributed by atoms with Crippen molar-refractivity contribution in [1.29, 1.82) is 0 Å². The number of aromatic carboxylic acids is 1. The summed E-state index contributed by atoms with van der Waals surface area (Å²) in [6.45, 7) is 3.89. The van der Waals surface area contributed by atoms with Crippen LogP contribution >= 0.6 is 11.6 Å². The van der Waals surface area contributed by atoms with Gasteiger partial charge in [-0.1, -0.05) is 11.6 Å². The van der Waals surface area contributed by atoms with E-state index in [-0.39, 0.29) is 5.56 Å². The summed E-state index contributed by atoms with van der Waals surface area (Å²) < 4.78 is 1.99. The van der Waals surface area contributed by atoms with Gasteiger partial charge in [0.05, 0.1) is 10.6 Å². The molecule has 0 amide bonds. The van der Waals surface area contributed by atoms with Crippen molar-refractivity contribution in [1.82, 2.24) is 4.57 Å². The molecule has 0 spiro atoms. The number of carboxylic acid groups (broad SMARTS) is 1. The summed E-state index contributed by atoms with van der Waals surface area (Å²) >= 11 is 6.05. The van der Waals surface area contributed by atoms with E-state index in [0.717, 1.165) is 17.1 Å². The van der Waals surface area contributed by atoms with Crippen LogP contribution in [0.2, 0.25) is 5.02 Å². The summed E-state index contributed by atoms with van der Waals surface area (Å²) in [4.78, 5) is 10.8. The second-order valence-electron chi connectivity index (χ2n) is 3.91. The molecule has 88 valence electrons. The van der Waals surface area contributed by atoms with Gasteiger partial charge in [0.1, 0.15) is 0 Å². The zero-order chi connectivity index (χ0) is 12.6.